The van der Waals surface area contributed by atoms with Gasteiger partial charge in [-0.2, -0.15) is 0 Å². The van der Waals surface area contributed by atoms with Crippen molar-refractivity contribution in [2.75, 3.05) is 6.61 Å². The van der Waals surface area contributed by atoms with Crippen LogP contribution in [-0.4, -0.2) is 24.1 Å². The summed E-state index contributed by atoms with van der Waals surface area (Å²) in [5, 5.41) is 0. The lowest BCUT2D eigenvalue weighted by atomic mass is 9.99. The lowest BCUT2D eigenvalue weighted by molar-refractivity contribution is -0.156. The molecule has 0 aromatic carbocycles. The van der Waals surface area contributed by atoms with Gasteiger partial charge in [-0.25, -0.2) is 9.59 Å². The maximum Gasteiger partial charge on any atom is 0.333 e. The van der Waals surface area contributed by atoms with Crippen LogP contribution in [0.25, 0.3) is 0 Å². The summed E-state index contributed by atoms with van der Waals surface area (Å²) in [6, 6.07) is 0. The third-order valence-electron chi connectivity index (χ3n) is 2.65. The number of hydrogen-bond donors (Lipinski definition) is 0. The topological polar surface area (TPSA) is 52.6 Å². The molecule has 102 valence electrons. The van der Waals surface area contributed by atoms with Crippen molar-refractivity contribution in [1.82, 2.24) is 0 Å². The van der Waals surface area contributed by atoms with Gasteiger partial charge in [0.05, 0.1) is 6.61 Å². The van der Waals surface area contributed by atoms with E-state index in [2.05, 4.69) is 13.2 Å². The van der Waals surface area contributed by atoms with Gasteiger partial charge in [0, 0.05) is 17.6 Å². The number of carbonyl (C=O) groups excluding carboxylic acids is 2. The predicted octanol–water partition coefficient (Wildman–Crippen LogP) is 2.78. The average molecular weight is 254 g/mol. The second-order valence-corrected chi connectivity index (χ2v) is 4.64. The first-order valence-corrected chi connectivity index (χ1v) is 5.93. The minimum absolute atomic E-state index is 0.194. The molecular weight excluding hydrogens is 232 g/mol. The molecule has 0 radical (unpaired) electrons. The van der Waals surface area contributed by atoms with Crippen molar-refractivity contribution in [3.63, 3.8) is 0 Å². The van der Waals surface area contributed by atoms with Crippen LogP contribution < -0.4 is 0 Å². The normalized spacial score (nSPS) is 13.3. The summed E-state index contributed by atoms with van der Waals surface area (Å²) in [6.45, 7) is 14.1. The van der Waals surface area contributed by atoms with E-state index in [9.17, 15) is 9.59 Å². The molecule has 4 nitrogen and oxygen atoms in total. The molecule has 18 heavy (non-hydrogen) atoms. The van der Waals surface area contributed by atoms with Crippen LogP contribution in [0.2, 0.25) is 0 Å². The molecule has 0 bridgehead atoms. The highest BCUT2D eigenvalue weighted by Gasteiger charge is 2.27. The molecule has 0 saturated heterocycles. The fraction of sp³-hybridized carbons (Fsp3) is 0.571. The van der Waals surface area contributed by atoms with Gasteiger partial charge in [0.25, 0.3) is 0 Å². The Morgan fingerprint density at radius 3 is 2.00 bits per heavy atom. The van der Waals surface area contributed by atoms with Crippen molar-refractivity contribution < 1.29 is 19.1 Å². The highest BCUT2D eigenvalue weighted by atomic mass is 16.6. The Balaban J connectivity index is 4.32. The standard InChI is InChI=1S/C14H22O4/c1-7-14(6,18-13(16)11(4)5)8-9-17-12(15)10(2)3/h2,4,7-9H2,1,3,5-6H3. The third-order valence-corrected chi connectivity index (χ3v) is 2.65. The van der Waals surface area contributed by atoms with E-state index in [0.717, 1.165) is 0 Å². The molecule has 0 aliphatic heterocycles. The average Bonchev–Trinajstić information content (AvgIpc) is 2.28. The van der Waals surface area contributed by atoms with Crippen LogP contribution in [0.4, 0.5) is 0 Å². The Bertz CT molecular complexity index is 357. The van der Waals surface area contributed by atoms with Crippen molar-refractivity contribution in [3.8, 4) is 0 Å². The van der Waals surface area contributed by atoms with Gasteiger partial charge in [-0.3, -0.25) is 0 Å². The Morgan fingerprint density at radius 1 is 1.11 bits per heavy atom. The zero-order valence-electron chi connectivity index (χ0n) is 11.7. The number of ether oxygens (including phenoxy) is 2. The molecule has 1 unspecified atom stereocenters. The highest BCUT2D eigenvalue weighted by Crippen LogP contribution is 2.21. The van der Waals surface area contributed by atoms with Crippen LogP contribution in [0, 0.1) is 0 Å². The first-order valence-electron chi connectivity index (χ1n) is 5.93. The molecule has 1 atom stereocenters. The Hall–Kier alpha value is -1.58. The van der Waals surface area contributed by atoms with E-state index < -0.39 is 17.5 Å². The van der Waals surface area contributed by atoms with Gasteiger partial charge in [0.1, 0.15) is 5.60 Å². The monoisotopic (exact) mass is 254 g/mol. The van der Waals surface area contributed by atoms with E-state index in [4.69, 9.17) is 9.47 Å². The first kappa shape index (κ1) is 16.4. The molecule has 0 saturated carbocycles. The molecule has 0 N–H and O–H groups in total. The Kier molecular flexibility index (Phi) is 6.37. The van der Waals surface area contributed by atoms with Crippen LogP contribution in [0.3, 0.4) is 0 Å². The van der Waals surface area contributed by atoms with E-state index in [1.165, 1.54) is 0 Å². The van der Waals surface area contributed by atoms with E-state index >= 15 is 0 Å². The molecule has 0 aliphatic carbocycles. The van der Waals surface area contributed by atoms with Gasteiger partial charge in [-0.15, -0.1) is 0 Å². The van der Waals surface area contributed by atoms with E-state index in [-0.39, 0.29) is 6.61 Å². The van der Waals surface area contributed by atoms with Crippen molar-refractivity contribution in [1.29, 1.82) is 0 Å². The SMILES string of the molecule is C=C(C)C(=O)OCCC(C)(CC)OC(=O)C(=C)C. The summed E-state index contributed by atoms with van der Waals surface area (Å²) < 4.78 is 10.3. The maximum absolute atomic E-state index is 11.5. The van der Waals surface area contributed by atoms with Gasteiger partial charge >= 0.3 is 11.9 Å². The van der Waals surface area contributed by atoms with Gasteiger partial charge in [-0.1, -0.05) is 20.1 Å². The summed E-state index contributed by atoms with van der Waals surface area (Å²) in [4.78, 5) is 22.7. The quantitative estimate of drug-likeness (QED) is 0.518. The molecular formula is C14H22O4. The van der Waals surface area contributed by atoms with Gasteiger partial charge in [0.2, 0.25) is 0 Å². The first-order chi connectivity index (χ1) is 8.22. The second-order valence-electron chi connectivity index (χ2n) is 4.64. The van der Waals surface area contributed by atoms with Crippen LogP contribution >= 0.6 is 0 Å². The van der Waals surface area contributed by atoms with Crippen LogP contribution in [0.5, 0.6) is 0 Å². The van der Waals surface area contributed by atoms with E-state index in [1.54, 1.807) is 13.8 Å². The number of hydrogen-bond acceptors (Lipinski definition) is 4. The number of carbonyl (C=O) groups is 2. The summed E-state index contributed by atoms with van der Waals surface area (Å²) in [5.41, 5.74) is 0.0616. The van der Waals surface area contributed by atoms with Crippen LogP contribution in [-0.2, 0) is 19.1 Å². The minimum atomic E-state index is -0.647. The van der Waals surface area contributed by atoms with Crippen molar-refractivity contribution in [2.45, 2.75) is 46.1 Å². The van der Waals surface area contributed by atoms with Gasteiger partial charge in [-0.05, 0) is 27.2 Å². The lowest BCUT2D eigenvalue weighted by Crippen LogP contribution is -2.33. The van der Waals surface area contributed by atoms with Crippen LogP contribution in [0.15, 0.2) is 24.3 Å². The Morgan fingerprint density at radius 2 is 1.61 bits per heavy atom. The zero-order chi connectivity index (χ0) is 14.3. The van der Waals surface area contributed by atoms with E-state index in [1.807, 2.05) is 13.8 Å². The summed E-state index contributed by atoms with van der Waals surface area (Å²) in [5.74, 6) is -0.856. The van der Waals surface area contributed by atoms with Gasteiger partial charge < -0.3 is 9.47 Å². The molecule has 0 spiro atoms. The predicted molar refractivity (Wildman–Crippen MR) is 70.0 cm³/mol. The summed E-state index contributed by atoms with van der Waals surface area (Å²) in [7, 11) is 0. The molecule has 0 aromatic heterocycles. The highest BCUT2D eigenvalue weighted by molar-refractivity contribution is 5.87. The van der Waals surface area contributed by atoms with Crippen LogP contribution in [0.1, 0.15) is 40.5 Å². The molecule has 0 aliphatic rings. The molecule has 0 heterocycles. The largest absolute Gasteiger partial charge is 0.462 e. The molecule has 0 amide bonds. The molecule has 0 fully saturated rings. The smallest absolute Gasteiger partial charge is 0.333 e. The lowest BCUT2D eigenvalue weighted by Gasteiger charge is -2.28. The van der Waals surface area contributed by atoms with Crippen molar-refractivity contribution >= 4 is 11.9 Å². The van der Waals surface area contributed by atoms with Gasteiger partial charge in [0.15, 0.2) is 0 Å². The molecule has 4 heteroatoms. The van der Waals surface area contributed by atoms with Crippen molar-refractivity contribution in [2.24, 2.45) is 0 Å². The van der Waals surface area contributed by atoms with Crippen molar-refractivity contribution in [3.05, 3.63) is 24.3 Å². The Labute approximate surface area is 109 Å². The maximum atomic E-state index is 11.5. The summed E-state index contributed by atoms with van der Waals surface area (Å²) in [6.07, 6.45) is 1.08. The molecule has 0 aromatic rings. The zero-order valence-corrected chi connectivity index (χ0v) is 11.7. The second kappa shape index (κ2) is 6.99. The van der Waals surface area contributed by atoms with E-state index in [0.29, 0.717) is 24.0 Å². The fourth-order valence-electron chi connectivity index (χ4n) is 1.09. The minimum Gasteiger partial charge on any atom is -0.462 e. The summed E-state index contributed by atoms with van der Waals surface area (Å²) >= 11 is 0. The number of rotatable bonds is 7. The fourth-order valence-corrected chi connectivity index (χ4v) is 1.09. The number of esters is 2. The third kappa shape index (κ3) is 5.66. The molecule has 0 rings (SSSR count).